The summed E-state index contributed by atoms with van der Waals surface area (Å²) in [5.74, 6) is 2.44. The van der Waals surface area contributed by atoms with E-state index in [1.165, 1.54) is 6.42 Å². The van der Waals surface area contributed by atoms with Crippen LogP contribution in [-0.4, -0.2) is 56.4 Å². The predicted octanol–water partition coefficient (Wildman–Crippen LogP) is 4.10. The number of likely N-dealkylation sites (tertiary alicyclic amines) is 1. The monoisotopic (exact) mass is 455 g/mol. The Labute approximate surface area is 186 Å². The maximum absolute atomic E-state index is 11.2. The molecule has 8 nitrogen and oxygen atoms in total. The number of allylic oxidation sites excluding steroid dienone is 1. The average Bonchev–Trinajstić information content (AvgIpc) is 3.14. The second kappa shape index (κ2) is 12.9. The topological polar surface area (TPSA) is 86.7 Å². The Bertz CT molecular complexity index is 705. The Morgan fingerprint density at radius 3 is 2.42 bits per heavy atom. The SMILES string of the molecule is CC(C)C(=O)OCOP(O)OC1=CC2C(CC1)CCN2C.COc1ccccc1OC. The minimum atomic E-state index is -2.05. The van der Waals surface area contributed by atoms with Crippen molar-refractivity contribution in [2.75, 3.05) is 34.6 Å². The van der Waals surface area contributed by atoms with Gasteiger partial charge < -0.3 is 23.6 Å². The van der Waals surface area contributed by atoms with Crippen molar-refractivity contribution >= 4 is 14.6 Å². The number of methoxy groups -OCH3 is 2. The molecule has 1 aromatic rings. The lowest BCUT2D eigenvalue weighted by Gasteiger charge is -2.28. The van der Waals surface area contributed by atoms with E-state index in [0.717, 1.165) is 36.6 Å². The van der Waals surface area contributed by atoms with Gasteiger partial charge in [-0.25, -0.2) is 0 Å². The van der Waals surface area contributed by atoms with Gasteiger partial charge in [0.1, 0.15) is 5.76 Å². The van der Waals surface area contributed by atoms with E-state index in [9.17, 15) is 9.69 Å². The summed E-state index contributed by atoms with van der Waals surface area (Å²) >= 11 is 0. The van der Waals surface area contributed by atoms with E-state index in [1.54, 1.807) is 28.1 Å². The lowest BCUT2D eigenvalue weighted by Crippen LogP contribution is -2.30. The molecular weight excluding hydrogens is 421 g/mol. The van der Waals surface area contributed by atoms with Gasteiger partial charge in [-0.3, -0.25) is 14.2 Å². The Hall–Kier alpha value is -1.86. The second-order valence-corrected chi connectivity index (χ2v) is 8.66. The molecule has 31 heavy (non-hydrogen) atoms. The van der Waals surface area contributed by atoms with Crippen LogP contribution in [-0.2, 0) is 18.6 Å². The molecule has 0 spiro atoms. The molecule has 1 aliphatic heterocycles. The van der Waals surface area contributed by atoms with Crippen LogP contribution < -0.4 is 9.47 Å². The molecular formula is C22H34NO7P. The summed E-state index contributed by atoms with van der Waals surface area (Å²) in [6.45, 7) is 4.30. The molecule has 0 saturated carbocycles. The quantitative estimate of drug-likeness (QED) is 0.356. The van der Waals surface area contributed by atoms with E-state index < -0.39 is 8.60 Å². The Morgan fingerprint density at radius 2 is 1.84 bits per heavy atom. The molecule has 9 heteroatoms. The zero-order valence-corrected chi connectivity index (χ0v) is 19.8. The van der Waals surface area contributed by atoms with E-state index in [2.05, 4.69) is 18.0 Å². The van der Waals surface area contributed by atoms with Gasteiger partial charge in [-0.05, 0) is 50.6 Å². The number of para-hydroxylation sites is 2. The lowest BCUT2D eigenvalue weighted by atomic mass is 9.89. The number of benzene rings is 1. The van der Waals surface area contributed by atoms with E-state index in [-0.39, 0.29) is 18.7 Å². The van der Waals surface area contributed by atoms with Crippen molar-refractivity contribution in [2.45, 2.75) is 39.2 Å². The van der Waals surface area contributed by atoms with Crippen molar-refractivity contribution in [3.63, 3.8) is 0 Å². The number of fused-ring (bicyclic) bond motifs is 1. The summed E-state index contributed by atoms with van der Waals surface area (Å²) in [6.07, 6.45) is 5.20. The third-order valence-corrected chi connectivity index (χ3v) is 6.00. The van der Waals surface area contributed by atoms with Crippen molar-refractivity contribution in [2.24, 2.45) is 11.8 Å². The first-order valence-electron chi connectivity index (χ1n) is 10.4. The number of ether oxygens (including phenoxy) is 3. The molecule has 1 saturated heterocycles. The molecule has 1 heterocycles. The number of esters is 1. The number of hydrogen-bond acceptors (Lipinski definition) is 8. The van der Waals surface area contributed by atoms with Gasteiger partial charge >= 0.3 is 14.6 Å². The minimum absolute atomic E-state index is 0.213. The molecule has 0 amide bonds. The summed E-state index contributed by atoms with van der Waals surface area (Å²) in [6, 6.07) is 7.93. The van der Waals surface area contributed by atoms with Crippen LogP contribution in [0.15, 0.2) is 36.1 Å². The third-order valence-electron chi connectivity index (χ3n) is 5.28. The molecule has 0 bridgehead atoms. The lowest BCUT2D eigenvalue weighted by molar-refractivity contribution is -0.154. The van der Waals surface area contributed by atoms with Gasteiger partial charge in [-0.15, -0.1) is 0 Å². The van der Waals surface area contributed by atoms with Crippen molar-refractivity contribution in [3.05, 3.63) is 36.1 Å². The summed E-state index contributed by atoms with van der Waals surface area (Å²) in [4.78, 5) is 23.3. The normalized spacial score (nSPS) is 21.3. The molecule has 3 rings (SSSR count). The maximum atomic E-state index is 11.2. The third kappa shape index (κ3) is 7.96. The zero-order chi connectivity index (χ0) is 22.8. The summed E-state index contributed by atoms with van der Waals surface area (Å²) in [7, 11) is 3.30. The number of likely N-dealkylation sites (N-methyl/N-ethyl adjacent to an activating group) is 1. The summed E-state index contributed by atoms with van der Waals surface area (Å²) in [5.41, 5.74) is 0. The number of carbonyl (C=O) groups is 1. The van der Waals surface area contributed by atoms with Crippen LogP contribution in [0.5, 0.6) is 11.5 Å². The van der Waals surface area contributed by atoms with Gasteiger partial charge in [0.25, 0.3) is 0 Å². The molecule has 0 aromatic heterocycles. The smallest absolute Gasteiger partial charge is 0.397 e. The molecule has 1 fully saturated rings. The number of nitrogens with zero attached hydrogens (tertiary/aromatic N) is 1. The predicted molar refractivity (Wildman–Crippen MR) is 118 cm³/mol. The minimum Gasteiger partial charge on any atom is -0.493 e. The molecule has 1 aromatic carbocycles. The van der Waals surface area contributed by atoms with Crippen molar-refractivity contribution in [1.29, 1.82) is 0 Å². The van der Waals surface area contributed by atoms with E-state index in [0.29, 0.717) is 12.0 Å². The van der Waals surface area contributed by atoms with Crippen LogP contribution in [0.2, 0.25) is 0 Å². The Kier molecular flexibility index (Phi) is 10.5. The largest absolute Gasteiger partial charge is 0.493 e. The van der Waals surface area contributed by atoms with Gasteiger partial charge in [0.15, 0.2) is 11.5 Å². The van der Waals surface area contributed by atoms with Crippen LogP contribution >= 0.6 is 8.60 Å². The van der Waals surface area contributed by atoms with E-state index >= 15 is 0 Å². The average molecular weight is 455 g/mol. The van der Waals surface area contributed by atoms with Crippen LogP contribution in [0, 0.1) is 11.8 Å². The zero-order valence-electron chi connectivity index (χ0n) is 18.9. The fourth-order valence-corrected chi connectivity index (χ4v) is 4.06. The molecule has 1 aliphatic carbocycles. The van der Waals surface area contributed by atoms with Gasteiger partial charge in [0.05, 0.1) is 20.1 Å². The van der Waals surface area contributed by atoms with Crippen LogP contribution in [0.4, 0.5) is 0 Å². The van der Waals surface area contributed by atoms with Gasteiger partial charge in [-0.1, -0.05) is 26.0 Å². The first kappa shape index (κ1) is 25.4. The molecule has 3 unspecified atom stereocenters. The second-order valence-electron chi connectivity index (χ2n) is 7.74. The maximum Gasteiger partial charge on any atom is 0.397 e. The highest BCUT2D eigenvalue weighted by Gasteiger charge is 2.34. The van der Waals surface area contributed by atoms with Gasteiger partial charge in [0.2, 0.25) is 6.79 Å². The summed E-state index contributed by atoms with van der Waals surface area (Å²) < 4.78 is 25.3. The molecule has 3 atom stereocenters. The van der Waals surface area contributed by atoms with Crippen molar-refractivity contribution in [1.82, 2.24) is 4.90 Å². The number of rotatable bonds is 8. The standard InChI is InChI=1S/C14H24NO5P.C8H10O2/c1-10(2)14(16)18-9-19-21(17)20-12-5-4-11-6-7-15(3)13(11)8-12;1-9-7-5-3-4-6-8(7)10-2/h8,10-11,13,17H,4-7,9H2,1-3H3;3-6H,1-2H3. The molecule has 1 N–H and O–H groups in total. The highest BCUT2D eigenvalue weighted by molar-refractivity contribution is 7.40. The first-order chi connectivity index (χ1) is 14.8. The Balaban J connectivity index is 0.000000285. The number of carbonyl (C=O) groups excluding carboxylic acids is 1. The molecule has 2 aliphatic rings. The van der Waals surface area contributed by atoms with Crippen molar-refractivity contribution in [3.8, 4) is 11.5 Å². The molecule has 0 radical (unpaired) electrons. The first-order valence-corrected chi connectivity index (χ1v) is 11.5. The fraction of sp³-hybridized carbons (Fsp3) is 0.591. The Morgan fingerprint density at radius 1 is 1.19 bits per heavy atom. The van der Waals surface area contributed by atoms with Crippen LogP contribution in [0.3, 0.4) is 0 Å². The molecule has 174 valence electrons. The van der Waals surface area contributed by atoms with Crippen LogP contribution in [0.1, 0.15) is 33.1 Å². The van der Waals surface area contributed by atoms with Crippen molar-refractivity contribution < 1.29 is 32.9 Å². The highest BCUT2D eigenvalue weighted by Crippen LogP contribution is 2.41. The summed E-state index contributed by atoms with van der Waals surface area (Å²) in [5, 5.41) is 0. The fourth-order valence-electron chi connectivity index (χ4n) is 3.52. The van der Waals surface area contributed by atoms with E-state index in [1.807, 2.05) is 24.3 Å². The van der Waals surface area contributed by atoms with Gasteiger partial charge in [0, 0.05) is 12.5 Å². The van der Waals surface area contributed by atoms with Crippen LogP contribution in [0.25, 0.3) is 0 Å². The van der Waals surface area contributed by atoms with Gasteiger partial charge in [-0.2, -0.15) is 0 Å². The van der Waals surface area contributed by atoms with E-state index in [4.69, 9.17) is 23.3 Å². The number of hydrogen-bond donors (Lipinski definition) is 1. The highest BCUT2D eigenvalue weighted by atomic mass is 31.2.